The summed E-state index contributed by atoms with van der Waals surface area (Å²) in [4.78, 5) is 37.2. The van der Waals surface area contributed by atoms with Crippen molar-refractivity contribution < 1.29 is 9.84 Å². The van der Waals surface area contributed by atoms with Gasteiger partial charge in [0.1, 0.15) is 6.07 Å². The van der Waals surface area contributed by atoms with Crippen molar-refractivity contribution in [3.05, 3.63) is 60.6 Å². The van der Waals surface area contributed by atoms with Crippen molar-refractivity contribution in [1.29, 1.82) is 5.26 Å². The van der Waals surface area contributed by atoms with E-state index in [1.54, 1.807) is 6.07 Å². The number of rotatable bonds is 4. The van der Waals surface area contributed by atoms with Crippen LogP contribution in [0, 0.1) is 11.3 Å². The third-order valence-electron chi connectivity index (χ3n) is 3.90. The van der Waals surface area contributed by atoms with Crippen LogP contribution in [0.3, 0.4) is 0 Å². The van der Waals surface area contributed by atoms with Crippen molar-refractivity contribution in [2.45, 2.75) is 19.8 Å². The number of hydrogen-bond donors (Lipinski definition) is 4. The van der Waals surface area contributed by atoms with Gasteiger partial charge in [0.05, 0.1) is 11.4 Å². The van der Waals surface area contributed by atoms with Crippen LogP contribution in [0.5, 0.6) is 17.4 Å². The molecule has 2 heterocycles. The number of anilines is 1. The monoisotopic (exact) mass is 397 g/mol. The van der Waals surface area contributed by atoms with Crippen LogP contribution in [0.2, 0.25) is 0 Å². The molecule has 0 amide bonds. The minimum absolute atomic E-state index is 0.00542. The lowest BCUT2D eigenvalue weighted by atomic mass is 10.1. The Kier molecular flexibility index (Phi) is 4.88. The van der Waals surface area contributed by atoms with Crippen LogP contribution in [-0.2, 0) is 0 Å². The van der Waals surface area contributed by atoms with Crippen LogP contribution in [0.1, 0.15) is 31.0 Å². The van der Waals surface area contributed by atoms with Gasteiger partial charge in [-0.25, -0.2) is 9.89 Å². The van der Waals surface area contributed by atoms with Crippen molar-refractivity contribution in [2.24, 2.45) is 0 Å². The molecule has 0 aliphatic rings. The Hall–Kier alpha value is -4.40. The molecular weight excluding hydrogens is 382 g/mol. The molecular formula is C17H15N7O5. The molecule has 0 unspecified atom stereocenters. The van der Waals surface area contributed by atoms with E-state index < -0.39 is 22.7 Å². The van der Waals surface area contributed by atoms with E-state index >= 15 is 0 Å². The molecule has 0 atom stereocenters. The number of nitrogen functional groups attached to an aromatic ring is 1. The molecule has 0 bridgehead atoms. The Morgan fingerprint density at radius 3 is 2.59 bits per heavy atom. The van der Waals surface area contributed by atoms with Gasteiger partial charge in [0, 0.05) is 17.7 Å². The lowest BCUT2D eigenvalue weighted by Gasteiger charge is -2.13. The third kappa shape index (κ3) is 3.69. The summed E-state index contributed by atoms with van der Waals surface area (Å²) in [6.45, 7) is 3.64. The van der Waals surface area contributed by atoms with Gasteiger partial charge in [0.25, 0.3) is 11.1 Å². The number of aromatic amines is 2. The molecule has 12 nitrogen and oxygen atoms in total. The van der Waals surface area contributed by atoms with Gasteiger partial charge in [0.15, 0.2) is 11.5 Å². The molecule has 0 spiro atoms. The molecule has 0 fully saturated rings. The third-order valence-corrected chi connectivity index (χ3v) is 3.90. The Bertz CT molecular complexity index is 1290. The first-order valence-electron chi connectivity index (χ1n) is 8.25. The van der Waals surface area contributed by atoms with Crippen molar-refractivity contribution in [2.75, 3.05) is 5.73 Å². The molecule has 2 aromatic heterocycles. The second-order valence-electron chi connectivity index (χ2n) is 6.26. The highest BCUT2D eigenvalue weighted by atomic mass is 16.5. The van der Waals surface area contributed by atoms with Crippen molar-refractivity contribution in [3.63, 3.8) is 0 Å². The van der Waals surface area contributed by atoms with Crippen LogP contribution in [0.4, 0.5) is 5.69 Å². The lowest BCUT2D eigenvalue weighted by Crippen LogP contribution is -2.33. The standard InChI is InChI=1S/C17H15N7O5/c1-7(2)9-5-13(21-22-15(9)26)29-14-10(19)3-8(4-12(14)25)24-17(28)20-16(27)11(6-18)23-24/h3-5,7,25H,19H2,1-2H3,(H,22,26)(H,20,27,28). The fraction of sp³-hybridized carbons (Fsp3) is 0.176. The quantitative estimate of drug-likeness (QED) is 0.441. The Labute approximate surface area is 161 Å². The van der Waals surface area contributed by atoms with E-state index in [4.69, 9.17) is 15.7 Å². The summed E-state index contributed by atoms with van der Waals surface area (Å²) in [7, 11) is 0. The van der Waals surface area contributed by atoms with Crippen LogP contribution >= 0.6 is 0 Å². The van der Waals surface area contributed by atoms with Gasteiger partial charge < -0.3 is 15.6 Å². The molecule has 0 aliphatic carbocycles. The summed E-state index contributed by atoms with van der Waals surface area (Å²) in [5.74, 6) is -0.724. The first kappa shape index (κ1) is 19.4. The summed E-state index contributed by atoms with van der Waals surface area (Å²) in [5, 5.41) is 28.9. The van der Waals surface area contributed by atoms with E-state index in [2.05, 4.69) is 15.3 Å². The predicted octanol–water partition coefficient (Wildman–Crippen LogP) is 0.0793. The molecule has 148 valence electrons. The number of benzene rings is 1. The van der Waals surface area contributed by atoms with Gasteiger partial charge in [-0.3, -0.25) is 14.6 Å². The summed E-state index contributed by atoms with van der Waals surface area (Å²) in [6, 6.07) is 5.33. The molecule has 12 heteroatoms. The van der Waals surface area contributed by atoms with E-state index in [1.165, 1.54) is 12.1 Å². The molecule has 5 N–H and O–H groups in total. The van der Waals surface area contributed by atoms with E-state index in [1.807, 2.05) is 18.8 Å². The van der Waals surface area contributed by atoms with Gasteiger partial charge in [0.2, 0.25) is 11.6 Å². The minimum Gasteiger partial charge on any atom is -0.504 e. The zero-order chi connectivity index (χ0) is 21.3. The molecule has 0 saturated carbocycles. The largest absolute Gasteiger partial charge is 0.504 e. The average molecular weight is 397 g/mol. The number of phenolic OH excluding ortho intramolecular Hbond substituents is 1. The van der Waals surface area contributed by atoms with Gasteiger partial charge in [-0.2, -0.15) is 9.94 Å². The number of ether oxygens (including phenoxy) is 1. The van der Waals surface area contributed by atoms with E-state index in [0.29, 0.717) is 10.2 Å². The Balaban J connectivity index is 2.05. The van der Waals surface area contributed by atoms with Crippen LogP contribution in [0.25, 0.3) is 5.69 Å². The molecule has 0 radical (unpaired) electrons. The number of nitrogens with two attached hydrogens (primary N) is 1. The zero-order valence-electron chi connectivity index (χ0n) is 15.3. The second-order valence-corrected chi connectivity index (χ2v) is 6.26. The van der Waals surface area contributed by atoms with E-state index in [0.717, 1.165) is 6.07 Å². The number of phenols is 1. The fourth-order valence-electron chi connectivity index (χ4n) is 2.49. The fourth-order valence-corrected chi connectivity index (χ4v) is 2.49. The second kappa shape index (κ2) is 7.31. The van der Waals surface area contributed by atoms with Crippen molar-refractivity contribution in [1.82, 2.24) is 25.0 Å². The smallest absolute Gasteiger partial charge is 0.349 e. The zero-order valence-corrected chi connectivity index (χ0v) is 15.3. The first-order valence-corrected chi connectivity index (χ1v) is 8.25. The van der Waals surface area contributed by atoms with Crippen LogP contribution in [0.15, 0.2) is 32.6 Å². The average Bonchev–Trinajstić information content (AvgIpc) is 2.65. The topological polar surface area (TPSA) is 193 Å². The first-order chi connectivity index (χ1) is 13.7. The van der Waals surface area contributed by atoms with Gasteiger partial charge >= 0.3 is 5.69 Å². The highest BCUT2D eigenvalue weighted by Gasteiger charge is 2.16. The SMILES string of the molecule is CC(C)c1cc(Oc2c(N)cc(-n3nc(C#N)c(=O)[nH]c3=O)cc2O)n[nH]c1=O. The lowest BCUT2D eigenvalue weighted by molar-refractivity contribution is 0.399. The number of nitriles is 1. The molecule has 29 heavy (non-hydrogen) atoms. The normalized spacial score (nSPS) is 10.7. The van der Waals surface area contributed by atoms with Gasteiger partial charge in [-0.1, -0.05) is 13.8 Å². The van der Waals surface area contributed by atoms with Gasteiger partial charge in [-0.05, 0) is 12.0 Å². The minimum atomic E-state index is -0.934. The van der Waals surface area contributed by atoms with Crippen molar-refractivity contribution in [3.8, 4) is 29.1 Å². The highest BCUT2D eigenvalue weighted by Crippen LogP contribution is 2.37. The predicted molar refractivity (Wildman–Crippen MR) is 100 cm³/mol. The summed E-state index contributed by atoms with van der Waals surface area (Å²) < 4.78 is 6.20. The molecule has 0 aliphatic heterocycles. The maximum atomic E-state index is 12.0. The maximum Gasteiger partial charge on any atom is 0.349 e. The summed E-state index contributed by atoms with van der Waals surface area (Å²) >= 11 is 0. The highest BCUT2D eigenvalue weighted by molar-refractivity contribution is 5.65. The maximum absolute atomic E-state index is 12.0. The number of nitrogens with zero attached hydrogens (tertiary/aromatic N) is 4. The van der Waals surface area contributed by atoms with Crippen LogP contribution < -0.4 is 27.3 Å². The number of hydrogen-bond acceptors (Lipinski definition) is 9. The molecule has 0 saturated heterocycles. The number of aromatic hydroxyl groups is 1. The van der Waals surface area contributed by atoms with Gasteiger partial charge in [-0.15, -0.1) is 10.2 Å². The van der Waals surface area contributed by atoms with E-state index in [-0.39, 0.29) is 34.5 Å². The number of H-pyrrole nitrogens is 2. The summed E-state index contributed by atoms with van der Waals surface area (Å²) in [5.41, 5.74) is 3.49. The molecule has 1 aromatic carbocycles. The Morgan fingerprint density at radius 2 is 1.97 bits per heavy atom. The Morgan fingerprint density at radius 1 is 1.24 bits per heavy atom. The van der Waals surface area contributed by atoms with Crippen LogP contribution in [-0.4, -0.2) is 30.1 Å². The number of nitrogens with one attached hydrogen (secondary N) is 2. The van der Waals surface area contributed by atoms with Crippen molar-refractivity contribution >= 4 is 5.69 Å². The van der Waals surface area contributed by atoms with E-state index in [9.17, 15) is 19.5 Å². The molecule has 3 rings (SSSR count). The molecule has 3 aromatic rings. The number of aromatic nitrogens is 5. The summed E-state index contributed by atoms with van der Waals surface area (Å²) in [6.07, 6.45) is 0.